The molecule has 1 unspecified atom stereocenters. The number of nitrogens with one attached hydrogen (secondary N) is 3. The first-order valence-corrected chi connectivity index (χ1v) is 10.9. The first kappa shape index (κ1) is 21.7. The van der Waals surface area contributed by atoms with Crippen molar-refractivity contribution in [3.05, 3.63) is 59.3 Å². The number of hydrogen-bond acceptors (Lipinski definition) is 7. The minimum Gasteiger partial charge on any atom is -0.390 e. The lowest BCUT2D eigenvalue weighted by molar-refractivity contribution is 0.0372. The van der Waals surface area contributed by atoms with Crippen molar-refractivity contribution in [1.29, 1.82) is 0 Å². The maximum Gasteiger partial charge on any atom is 0.251 e. The second-order valence-electron chi connectivity index (χ2n) is 8.13. The van der Waals surface area contributed by atoms with E-state index in [0.29, 0.717) is 31.1 Å². The Labute approximate surface area is 183 Å². The summed E-state index contributed by atoms with van der Waals surface area (Å²) in [6, 6.07) is 11.8. The number of hydrogen-bond donors (Lipinski definition) is 4. The van der Waals surface area contributed by atoms with Crippen LogP contribution in [0, 0.1) is 0 Å². The van der Waals surface area contributed by atoms with E-state index in [9.17, 15) is 9.90 Å². The van der Waals surface area contributed by atoms with Crippen molar-refractivity contribution in [1.82, 2.24) is 20.5 Å². The van der Waals surface area contributed by atoms with Gasteiger partial charge in [0, 0.05) is 57.6 Å². The average molecular weight is 426 g/mol. The summed E-state index contributed by atoms with van der Waals surface area (Å²) in [5.41, 5.74) is 3.21. The van der Waals surface area contributed by atoms with Crippen molar-refractivity contribution >= 4 is 11.7 Å². The molecule has 8 nitrogen and oxygen atoms in total. The number of rotatable bonds is 8. The van der Waals surface area contributed by atoms with E-state index in [0.717, 1.165) is 32.6 Å². The Kier molecular flexibility index (Phi) is 7.48. The molecule has 8 heteroatoms. The maximum absolute atomic E-state index is 12.5. The largest absolute Gasteiger partial charge is 0.390 e. The van der Waals surface area contributed by atoms with E-state index in [1.54, 1.807) is 18.3 Å². The van der Waals surface area contributed by atoms with Gasteiger partial charge in [0.1, 0.15) is 5.82 Å². The van der Waals surface area contributed by atoms with Gasteiger partial charge in [0.25, 0.3) is 5.91 Å². The summed E-state index contributed by atoms with van der Waals surface area (Å²) in [5, 5.41) is 19.8. The fourth-order valence-corrected chi connectivity index (χ4v) is 4.02. The van der Waals surface area contributed by atoms with Gasteiger partial charge in [-0.25, -0.2) is 4.98 Å². The molecule has 4 rings (SSSR count). The van der Waals surface area contributed by atoms with E-state index in [1.807, 2.05) is 0 Å². The molecule has 31 heavy (non-hydrogen) atoms. The van der Waals surface area contributed by atoms with Crippen molar-refractivity contribution in [2.45, 2.75) is 25.2 Å². The van der Waals surface area contributed by atoms with Crippen LogP contribution in [0.3, 0.4) is 0 Å². The number of morpholine rings is 1. The fraction of sp³-hybridized carbons (Fsp3) is 0.478. The fourth-order valence-electron chi connectivity index (χ4n) is 4.02. The number of benzene rings is 1. The van der Waals surface area contributed by atoms with Gasteiger partial charge in [-0.05, 0) is 29.7 Å². The number of β-amino-alcohol motifs (C(OH)–C–C–N with tert-alkyl or cyclic N) is 1. The normalized spacial score (nSPS) is 20.0. The quantitative estimate of drug-likeness (QED) is 0.492. The highest BCUT2D eigenvalue weighted by Crippen LogP contribution is 2.18. The number of aromatic nitrogens is 1. The standard InChI is InChI=1S/C23H31N5O3/c29-20(16-28-9-6-17-3-1-2-4-19(17)15-28)12-27-23(30)18-5-7-25-22(11-18)26-14-21-13-24-8-10-31-21/h1-5,7,11,20-21,24,29H,6,8-10,12-16H2,(H,25,26)(H,27,30)/t20-,21?/m0/s1. The zero-order chi connectivity index (χ0) is 21.5. The molecule has 1 amide bonds. The third-order valence-electron chi connectivity index (χ3n) is 5.71. The highest BCUT2D eigenvalue weighted by atomic mass is 16.5. The van der Waals surface area contributed by atoms with Crippen molar-refractivity contribution in [2.75, 3.05) is 51.2 Å². The predicted molar refractivity (Wildman–Crippen MR) is 119 cm³/mol. The molecule has 0 radical (unpaired) electrons. The van der Waals surface area contributed by atoms with E-state index in [4.69, 9.17) is 4.74 Å². The van der Waals surface area contributed by atoms with Crippen LogP contribution in [0.25, 0.3) is 0 Å². The van der Waals surface area contributed by atoms with Crippen molar-refractivity contribution in [2.24, 2.45) is 0 Å². The molecule has 1 fully saturated rings. The van der Waals surface area contributed by atoms with Gasteiger partial charge < -0.3 is 25.8 Å². The van der Waals surface area contributed by atoms with Crippen LogP contribution in [0.5, 0.6) is 0 Å². The van der Waals surface area contributed by atoms with Crippen LogP contribution in [-0.2, 0) is 17.7 Å². The highest BCUT2D eigenvalue weighted by molar-refractivity contribution is 5.94. The molecule has 1 aromatic carbocycles. The Morgan fingerprint density at radius 2 is 2.19 bits per heavy atom. The number of amides is 1. The Balaban J connectivity index is 1.22. The minimum absolute atomic E-state index is 0.0879. The molecule has 4 N–H and O–H groups in total. The van der Waals surface area contributed by atoms with E-state index < -0.39 is 6.10 Å². The van der Waals surface area contributed by atoms with Crippen LogP contribution in [0.2, 0.25) is 0 Å². The number of pyridine rings is 1. The molecule has 2 aliphatic heterocycles. The third-order valence-corrected chi connectivity index (χ3v) is 5.71. The smallest absolute Gasteiger partial charge is 0.251 e. The van der Waals surface area contributed by atoms with Gasteiger partial charge in [-0.15, -0.1) is 0 Å². The number of carbonyl (C=O) groups excluding carboxylic acids is 1. The van der Waals surface area contributed by atoms with Crippen LogP contribution in [0.4, 0.5) is 5.82 Å². The molecule has 2 atom stereocenters. The van der Waals surface area contributed by atoms with Gasteiger partial charge in [0.05, 0.1) is 18.8 Å². The molecular weight excluding hydrogens is 394 g/mol. The summed E-state index contributed by atoms with van der Waals surface area (Å²) in [6.45, 7) is 5.51. The lowest BCUT2D eigenvalue weighted by Crippen LogP contribution is -2.42. The van der Waals surface area contributed by atoms with Gasteiger partial charge in [-0.3, -0.25) is 9.69 Å². The number of fused-ring (bicyclic) bond motifs is 1. The molecule has 166 valence electrons. The lowest BCUT2D eigenvalue weighted by Gasteiger charge is -2.30. The molecule has 2 aliphatic rings. The van der Waals surface area contributed by atoms with Crippen LogP contribution in [0.15, 0.2) is 42.6 Å². The zero-order valence-corrected chi connectivity index (χ0v) is 17.7. The van der Waals surface area contributed by atoms with Crippen LogP contribution in [0.1, 0.15) is 21.5 Å². The molecule has 2 aromatic rings. The first-order valence-electron chi connectivity index (χ1n) is 10.9. The molecule has 1 aromatic heterocycles. The summed E-state index contributed by atoms with van der Waals surface area (Å²) in [4.78, 5) is 19.0. The summed E-state index contributed by atoms with van der Waals surface area (Å²) >= 11 is 0. The summed E-state index contributed by atoms with van der Waals surface area (Å²) in [6.07, 6.45) is 2.07. The van der Waals surface area contributed by atoms with Gasteiger partial charge in [-0.1, -0.05) is 24.3 Å². The number of carbonyl (C=O) groups is 1. The van der Waals surface area contributed by atoms with Gasteiger partial charge in [-0.2, -0.15) is 0 Å². The molecule has 3 heterocycles. The second kappa shape index (κ2) is 10.7. The van der Waals surface area contributed by atoms with Crippen LogP contribution >= 0.6 is 0 Å². The maximum atomic E-state index is 12.5. The van der Waals surface area contributed by atoms with E-state index in [2.05, 4.69) is 50.1 Å². The molecule has 0 saturated carbocycles. The zero-order valence-electron chi connectivity index (χ0n) is 17.7. The van der Waals surface area contributed by atoms with Gasteiger partial charge >= 0.3 is 0 Å². The first-order chi connectivity index (χ1) is 15.2. The topological polar surface area (TPSA) is 98.8 Å². The summed E-state index contributed by atoms with van der Waals surface area (Å²) in [7, 11) is 0. The SMILES string of the molecule is O=C(NC[C@H](O)CN1CCc2ccccc2C1)c1ccnc(NCC2CNCCO2)c1. The number of aliphatic hydroxyl groups is 1. The Hall–Kier alpha value is -2.52. The monoisotopic (exact) mass is 425 g/mol. The summed E-state index contributed by atoms with van der Waals surface area (Å²) < 4.78 is 5.66. The Bertz CT molecular complexity index is 872. The lowest BCUT2D eigenvalue weighted by atomic mass is 10.00. The Morgan fingerprint density at radius 1 is 1.32 bits per heavy atom. The van der Waals surface area contributed by atoms with Crippen LogP contribution in [-0.4, -0.2) is 79.0 Å². The average Bonchev–Trinajstić information content (AvgIpc) is 2.82. The third kappa shape index (κ3) is 6.24. The molecular formula is C23H31N5O3. The molecule has 1 saturated heterocycles. The molecule has 0 spiro atoms. The Morgan fingerprint density at radius 3 is 3.03 bits per heavy atom. The number of anilines is 1. The number of ether oxygens (including phenoxy) is 1. The predicted octanol–water partition coefficient (Wildman–Crippen LogP) is 0.631. The summed E-state index contributed by atoms with van der Waals surface area (Å²) in [5.74, 6) is 0.415. The molecule has 0 bridgehead atoms. The van der Waals surface area contributed by atoms with Gasteiger partial charge in [0.15, 0.2) is 0 Å². The number of aliphatic hydroxyl groups excluding tert-OH is 1. The van der Waals surface area contributed by atoms with Gasteiger partial charge in [0.2, 0.25) is 0 Å². The minimum atomic E-state index is -0.621. The van der Waals surface area contributed by atoms with Crippen molar-refractivity contribution in [3.63, 3.8) is 0 Å². The van der Waals surface area contributed by atoms with E-state index in [-0.39, 0.29) is 18.6 Å². The van der Waals surface area contributed by atoms with E-state index >= 15 is 0 Å². The van der Waals surface area contributed by atoms with Crippen molar-refractivity contribution < 1.29 is 14.6 Å². The molecule has 0 aliphatic carbocycles. The van der Waals surface area contributed by atoms with E-state index in [1.165, 1.54) is 11.1 Å². The van der Waals surface area contributed by atoms with Crippen LogP contribution < -0.4 is 16.0 Å². The highest BCUT2D eigenvalue weighted by Gasteiger charge is 2.19. The van der Waals surface area contributed by atoms with Crippen molar-refractivity contribution in [3.8, 4) is 0 Å². The number of nitrogens with zero attached hydrogens (tertiary/aromatic N) is 2. The second-order valence-corrected chi connectivity index (χ2v) is 8.13.